The van der Waals surface area contributed by atoms with Gasteiger partial charge in [0.05, 0.1) is 4.88 Å². The van der Waals surface area contributed by atoms with E-state index in [1.165, 1.54) is 37.0 Å². The fourth-order valence-corrected chi connectivity index (χ4v) is 4.92. The number of hydrogen-bond acceptors (Lipinski definition) is 3. The predicted octanol–water partition coefficient (Wildman–Crippen LogP) is 4.65. The maximum Gasteiger partial charge on any atom is 0.265 e. The van der Waals surface area contributed by atoms with Crippen LogP contribution in [0, 0.1) is 11.8 Å². The molecule has 26 heavy (non-hydrogen) atoms. The van der Waals surface area contributed by atoms with Crippen LogP contribution in [0.2, 0.25) is 0 Å². The van der Waals surface area contributed by atoms with E-state index in [2.05, 4.69) is 5.32 Å². The molecule has 1 aromatic heterocycles. The average molecular weight is 369 g/mol. The number of nitrogens with zero attached hydrogens (tertiary/aromatic N) is 1. The molecule has 0 spiro atoms. The zero-order valence-corrected chi connectivity index (χ0v) is 15.6. The second-order valence-corrected chi connectivity index (χ2v) is 8.30. The Kier molecular flexibility index (Phi) is 5.07. The molecule has 2 aliphatic rings. The van der Waals surface area contributed by atoms with E-state index in [1.807, 2.05) is 34.5 Å². The molecule has 5 heteroatoms. The minimum Gasteiger partial charge on any atom is -0.338 e. The molecule has 1 aliphatic heterocycles. The number of hydrogen-bond donors (Lipinski definition) is 1. The van der Waals surface area contributed by atoms with Gasteiger partial charge in [0.25, 0.3) is 11.8 Å². The monoisotopic (exact) mass is 368 g/mol. The molecule has 4 rings (SSSR count). The molecule has 0 unspecified atom stereocenters. The van der Waals surface area contributed by atoms with Crippen molar-refractivity contribution in [1.82, 2.24) is 4.90 Å². The minimum absolute atomic E-state index is 0.0845. The van der Waals surface area contributed by atoms with E-state index in [1.54, 1.807) is 12.1 Å². The van der Waals surface area contributed by atoms with E-state index in [0.29, 0.717) is 22.0 Å². The van der Waals surface area contributed by atoms with Crippen LogP contribution in [0.1, 0.15) is 52.1 Å². The summed E-state index contributed by atoms with van der Waals surface area (Å²) < 4.78 is 0. The molecule has 2 amide bonds. The van der Waals surface area contributed by atoms with E-state index in [4.69, 9.17) is 0 Å². The number of carbonyl (C=O) groups is 2. The first kappa shape index (κ1) is 17.3. The molecule has 2 fully saturated rings. The van der Waals surface area contributed by atoms with Crippen molar-refractivity contribution in [2.75, 3.05) is 18.4 Å². The van der Waals surface area contributed by atoms with Crippen molar-refractivity contribution < 1.29 is 9.59 Å². The van der Waals surface area contributed by atoms with E-state index >= 15 is 0 Å². The van der Waals surface area contributed by atoms with Crippen molar-refractivity contribution in [2.24, 2.45) is 11.8 Å². The molecule has 2 aromatic rings. The lowest BCUT2D eigenvalue weighted by Gasteiger charge is -2.41. The highest BCUT2D eigenvalue weighted by Gasteiger charge is 2.33. The van der Waals surface area contributed by atoms with Crippen molar-refractivity contribution in [1.29, 1.82) is 0 Å². The number of benzene rings is 1. The third-order valence-corrected chi connectivity index (χ3v) is 6.56. The molecular formula is C21H24N2O2S. The van der Waals surface area contributed by atoms with Crippen molar-refractivity contribution in [3.8, 4) is 0 Å². The number of fused-ring (bicyclic) bond motifs is 1. The lowest BCUT2D eigenvalue weighted by Crippen LogP contribution is -2.44. The average Bonchev–Trinajstić information content (AvgIpc) is 3.22. The van der Waals surface area contributed by atoms with Gasteiger partial charge in [-0.3, -0.25) is 9.59 Å². The summed E-state index contributed by atoms with van der Waals surface area (Å²) in [6.07, 6.45) is 6.36. The molecule has 2 heterocycles. The SMILES string of the molecule is O=C(Nc1cccc(C(=O)N2CC[C@@H]3CCCC[C@H]3C2)c1)c1cccs1. The number of carbonyl (C=O) groups excluding carboxylic acids is 2. The number of anilines is 1. The van der Waals surface area contributed by atoms with Gasteiger partial charge in [0.1, 0.15) is 0 Å². The summed E-state index contributed by atoms with van der Waals surface area (Å²) in [5, 5.41) is 4.77. The molecule has 0 bridgehead atoms. The lowest BCUT2D eigenvalue weighted by atomic mass is 9.75. The van der Waals surface area contributed by atoms with Gasteiger partial charge in [-0.05, 0) is 54.3 Å². The fraction of sp³-hybridized carbons (Fsp3) is 0.429. The highest BCUT2D eigenvalue weighted by atomic mass is 32.1. The number of amides is 2. The first-order chi connectivity index (χ1) is 12.7. The molecule has 1 saturated heterocycles. The van der Waals surface area contributed by atoms with Crippen LogP contribution in [0.5, 0.6) is 0 Å². The number of rotatable bonds is 3. The van der Waals surface area contributed by atoms with Crippen molar-refractivity contribution in [3.63, 3.8) is 0 Å². The smallest absolute Gasteiger partial charge is 0.265 e. The highest BCUT2D eigenvalue weighted by Crippen LogP contribution is 2.36. The molecule has 1 aromatic carbocycles. The zero-order chi connectivity index (χ0) is 17.9. The van der Waals surface area contributed by atoms with Crippen LogP contribution < -0.4 is 5.32 Å². The maximum absolute atomic E-state index is 13.0. The molecule has 1 N–H and O–H groups in total. The van der Waals surface area contributed by atoms with Gasteiger partial charge in [0, 0.05) is 24.3 Å². The fourth-order valence-electron chi connectivity index (χ4n) is 4.30. The van der Waals surface area contributed by atoms with E-state index in [9.17, 15) is 9.59 Å². The number of nitrogens with one attached hydrogen (secondary N) is 1. The molecule has 1 saturated carbocycles. The first-order valence-corrected chi connectivity index (χ1v) is 10.3. The lowest BCUT2D eigenvalue weighted by molar-refractivity contribution is 0.0521. The largest absolute Gasteiger partial charge is 0.338 e. The Morgan fingerprint density at radius 3 is 2.69 bits per heavy atom. The van der Waals surface area contributed by atoms with E-state index in [-0.39, 0.29) is 11.8 Å². The first-order valence-electron chi connectivity index (χ1n) is 9.45. The summed E-state index contributed by atoms with van der Waals surface area (Å²) in [4.78, 5) is 27.8. The quantitative estimate of drug-likeness (QED) is 0.857. The minimum atomic E-state index is -0.132. The van der Waals surface area contributed by atoms with Crippen LogP contribution in [-0.2, 0) is 0 Å². The third kappa shape index (κ3) is 3.68. The molecule has 4 nitrogen and oxygen atoms in total. The Morgan fingerprint density at radius 2 is 1.88 bits per heavy atom. The molecular weight excluding hydrogens is 344 g/mol. The second kappa shape index (κ2) is 7.62. The van der Waals surface area contributed by atoms with Crippen LogP contribution in [0.15, 0.2) is 41.8 Å². The Balaban J connectivity index is 1.44. The zero-order valence-electron chi connectivity index (χ0n) is 14.8. The van der Waals surface area contributed by atoms with Gasteiger partial charge in [0.15, 0.2) is 0 Å². The predicted molar refractivity (Wildman–Crippen MR) is 105 cm³/mol. The summed E-state index contributed by atoms with van der Waals surface area (Å²) >= 11 is 1.41. The van der Waals surface area contributed by atoms with Crippen molar-refractivity contribution >= 4 is 28.8 Å². The third-order valence-electron chi connectivity index (χ3n) is 5.69. The standard InChI is InChI=1S/C21H24N2O2S/c24-20(19-9-4-12-26-19)22-18-8-3-7-16(13-18)21(25)23-11-10-15-5-1-2-6-17(15)14-23/h3-4,7-9,12-13,15,17H,1-2,5-6,10-11,14H2,(H,22,24)/t15-,17-/m0/s1. The Hall–Kier alpha value is -2.14. The number of thiophene rings is 1. The molecule has 1 aliphatic carbocycles. The van der Waals surface area contributed by atoms with Crippen LogP contribution in [0.4, 0.5) is 5.69 Å². The van der Waals surface area contributed by atoms with E-state index < -0.39 is 0 Å². The van der Waals surface area contributed by atoms with Crippen LogP contribution in [0.25, 0.3) is 0 Å². The maximum atomic E-state index is 13.0. The van der Waals surface area contributed by atoms with Gasteiger partial charge in [-0.1, -0.05) is 31.4 Å². The molecule has 2 atom stereocenters. The summed E-state index contributed by atoms with van der Waals surface area (Å²) in [7, 11) is 0. The molecule has 0 radical (unpaired) electrons. The van der Waals surface area contributed by atoms with Crippen LogP contribution in [-0.4, -0.2) is 29.8 Å². The number of likely N-dealkylation sites (tertiary alicyclic amines) is 1. The Morgan fingerprint density at radius 1 is 1.04 bits per heavy atom. The number of piperidine rings is 1. The van der Waals surface area contributed by atoms with Crippen molar-refractivity contribution in [3.05, 3.63) is 52.2 Å². The van der Waals surface area contributed by atoms with Gasteiger partial charge in [0.2, 0.25) is 0 Å². The molecule has 136 valence electrons. The Bertz CT molecular complexity index is 787. The van der Waals surface area contributed by atoms with Gasteiger partial charge in [-0.25, -0.2) is 0 Å². The van der Waals surface area contributed by atoms with Gasteiger partial charge < -0.3 is 10.2 Å². The topological polar surface area (TPSA) is 49.4 Å². The van der Waals surface area contributed by atoms with E-state index in [0.717, 1.165) is 25.4 Å². The van der Waals surface area contributed by atoms with Crippen molar-refractivity contribution in [2.45, 2.75) is 32.1 Å². The summed E-state index contributed by atoms with van der Waals surface area (Å²) in [6.45, 7) is 1.74. The van der Waals surface area contributed by atoms with Gasteiger partial charge in [-0.15, -0.1) is 11.3 Å². The van der Waals surface area contributed by atoms with Gasteiger partial charge >= 0.3 is 0 Å². The normalized spacial score (nSPS) is 22.5. The van der Waals surface area contributed by atoms with Gasteiger partial charge in [-0.2, -0.15) is 0 Å². The van der Waals surface area contributed by atoms with Crippen LogP contribution in [0.3, 0.4) is 0 Å². The van der Waals surface area contributed by atoms with Crippen LogP contribution >= 0.6 is 11.3 Å². The Labute approximate surface area is 158 Å². The summed E-state index contributed by atoms with van der Waals surface area (Å²) in [5.41, 5.74) is 1.32. The summed E-state index contributed by atoms with van der Waals surface area (Å²) in [5.74, 6) is 1.43. The highest BCUT2D eigenvalue weighted by molar-refractivity contribution is 7.12. The second-order valence-electron chi connectivity index (χ2n) is 7.36. The summed E-state index contributed by atoms with van der Waals surface area (Å²) in [6, 6.07) is 11.0.